The minimum absolute atomic E-state index is 0.109. The molecule has 7 nitrogen and oxygen atoms in total. The van der Waals surface area contributed by atoms with E-state index >= 15 is 0 Å². The van der Waals surface area contributed by atoms with E-state index in [1.54, 1.807) is 21.3 Å². The molecule has 24 heavy (non-hydrogen) atoms. The van der Waals surface area contributed by atoms with Crippen LogP contribution in [0.2, 0.25) is 0 Å². The van der Waals surface area contributed by atoms with E-state index in [1.165, 1.54) is 11.3 Å². The fourth-order valence-corrected chi connectivity index (χ4v) is 2.86. The molecular formula is C16H21N3O4S. The van der Waals surface area contributed by atoms with E-state index < -0.39 is 0 Å². The Morgan fingerprint density at radius 2 is 1.79 bits per heavy atom. The zero-order valence-electron chi connectivity index (χ0n) is 14.2. The summed E-state index contributed by atoms with van der Waals surface area (Å²) in [4.78, 5) is 12.1. The van der Waals surface area contributed by atoms with Crippen LogP contribution in [-0.4, -0.2) is 37.4 Å². The second-order valence-electron chi connectivity index (χ2n) is 4.94. The number of carbonyl (C=O) groups is 1. The fraction of sp³-hybridized carbons (Fsp3) is 0.438. The third kappa shape index (κ3) is 4.35. The van der Waals surface area contributed by atoms with Gasteiger partial charge in [0, 0.05) is 6.42 Å². The Balaban J connectivity index is 2.01. The smallest absolute Gasteiger partial charge is 0.226 e. The number of aryl methyl sites for hydroxylation is 2. The predicted octanol–water partition coefficient (Wildman–Crippen LogP) is 2.70. The van der Waals surface area contributed by atoms with Crippen molar-refractivity contribution in [2.24, 2.45) is 0 Å². The molecule has 0 aliphatic heterocycles. The summed E-state index contributed by atoms with van der Waals surface area (Å²) in [6.07, 6.45) is 1.67. The van der Waals surface area contributed by atoms with Crippen LogP contribution in [0.3, 0.4) is 0 Å². The van der Waals surface area contributed by atoms with Gasteiger partial charge in [0.1, 0.15) is 5.01 Å². The van der Waals surface area contributed by atoms with Crippen LogP contribution in [-0.2, 0) is 17.6 Å². The lowest BCUT2D eigenvalue weighted by Crippen LogP contribution is -2.12. The van der Waals surface area contributed by atoms with Gasteiger partial charge in [-0.25, -0.2) is 0 Å². The van der Waals surface area contributed by atoms with Crippen LogP contribution in [0.5, 0.6) is 17.2 Å². The van der Waals surface area contributed by atoms with Crippen molar-refractivity contribution in [3.63, 3.8) is 0 Å². The molecule has 8 heteroatoms. The average molecular weight is 351 g/mol. The summed E-state index contributed by atoms with van der Waals surface area (Å²) in [6, 6.07) is 3.68. The zero-order chi connectivity index (χ0) is 17.5. The van der Waals surface area contributed by atoms with Gasteiger partial charge in [-0.2, -0.15) is 0 Å². The predicted molar refractivity (Wildman–Crippen MR) is 92.3 cm³/mol. The molecule has 1 heterocycles. The number of aromatic nitrogens is 2. The Morgan fingerprint density at radius 1 is 1.12 bits per heavy atom. The number of hydrogen-bond acceptors (Lipinski definition) is 7. The van der Waals surface area contributed by atoms with Crippen molar-refractivity contribution in [3.05, 3.63) is 22.7 Å². The normalized spacial score (nSPS) is 10.3. The van der Waals surface area contributed by atoms with Crippen LogP contribution in [0.15, 0.2) is 12.1 Å². The van der Waals surface area contributed by atoms with Gasteiger partial charge < -0.3 is 19.5 Å². The monoisotopic (exact) mass is 351 g/mol. The highest BCUT2D eigenvalue weighted by atomic mass is 32.1. The molecule has 0 aliphatic rings. The molecule has 1 aromatic heterocycles. The van der Waals surface area contributed by atoms with Crippen LogP contribution >= 0.6 is 11.3 Å². The largest absolute Gasteiger partial charge is 0.493 e. The molecule has 0 spiro atoms. The van der Waals surface area contributed by atoms with Gasteiger partial charge in [0.2, 0.25) is 16.8 Å². The van der Waals surface area contributed by atoms with E-state index in [9.17, 15) is 4.79 Å². The summed E-state index contributed by atoms with van der Waals surface area (Å²) in [5.41, 5.74) is 0.922. The summed E-state index contributed by atoms with van der Waals surface area (Å²) in [5.74, 6) is 1.57. The summed E-state index contributed by atoms with van der Waals surface area (Å²) in [7, 11) is 4.68. The number of amides is 1. The van der Waals surface area contributed by atoms with Crippen molar-refractivity contribution in [2.75, 3.05) is 26.6 Å². The molecule has 0 saturated carbocycles. The van der Waals surface area contributed by atoms with Crippen molar-refractivity contribution < 1.29 is 19.0 Å². The zero-order valence-corrected chi connectivity index (χ0v) is 15.0. The molecule has 0 atom stereocenters. The molecule has 0 aliphatic carbocycles. The lowest BCUT2D eigenvalue weighted by molar-refractivity contribution is -0.116. The first-order valence-corrected chi connectivity index (χ1v) is 8.34. The molecule has 1 aromatic carbocycles. The summed E-state index contributed by atoms with van der Waals surface area (Å²) in [6.45, 7) is 2.00. The first kappa shape index (κ1) is 18.0. The van der Waals surface area contributed by atoms with Gasteiger partial charge in [-0.15, -0.1) is 10.2 Å². The molecular weight excluding hydrogens is 330 g/mol. The summed E-state index contributed by atoms with van der Waals surface area (Å²) < 4.78 is 15.9. The number of methoxy groups -OCH3 is 3. The van der Waals surface area contributed by atoms with E-state index in [0.29, 0.717) is 35.2 Å². The van der Waals surface area contributed by atoms with Crippen LogP contribution in [0.4, 0.5) is 5.13 Å². The molecule has 1 amide bonds. The second kappa shape index (κ2) is 8.49. The molecule has 1 N–H and O–H groups in total. The van der Waals surface area contributed by atoms with Crippen LogP contribution in [0.1, 0.15) is 23.9 Å². The van der Waals surface area contributed by atoms with Gasteiger partial charge in [0.15, 0.2) is 11.5 Å². The van der Waals surface area contributed by atoms with Crippen LogP contribution in [0, 0.1) is 0 Å². The number of hydrogen-bond donors (Lipinski definition) is 1. The molecule has 130 valence electrons. The SMILES string of the molecule is CCc1nnc(NC(=O)CCc2cc(OC)c(OC)c(OC)c2)s1. The van der Waals surface area contributed by atoms with E-state index in [1.807, 2.05) is 19.1 Å². The van der Waals surface area contributed by atoms with Crippen molar-refractivity contribution in [2.45, 2.75) is 26.2 Å². The highest BCUT2D eigenvalue weighted by Gasteiger charge is 2.14. The first-order chi connectivity index (χ1) is 11.6. The Hall–Kier alpha value is -2.35. The Morgan fingerprint density at radius 3 is 2.29 bits per heavy atom. The number of carbonyl (C=O) groups excluding carboxylic acids is 1. The van der Waals surface area contributed by atoms with E-state index in [4.69, 9.17) is 14.2 Å². The number of ether oxygens (including phenoxy) is 3. The minimum atomic E-state index is -0.109. The van der Waals surface area contributed by atoms with Crippen LogP contribution in [0.25, 0.3) is 0 Å². The standard InChI is InChI=1S/C16H21N3O4S/c1-5-14-18-19-16(24-14)17-13(20)7-6-10-8-11(21-2)15(23-4)12(9-10)22-3/h8-9H,5-7H2,1-4H3,(H,17,19,20). The Bertz CT molecular complexity index is 677. The van der Waals surface area contributed by atoms with Gasteiger partial charge in [-0.1, -0.05) is 18.3 Å². The number of nitrogens with one attached hydrogen (secondary N) is 1. The Labute approximate surface area is 145 Å². The van der Waals surface area contributed by atoms with Gasteiger partial charge in [0.05, 0.1) is 21.3 Å². The number of benzene rings is 1. The van der Waals surface area contributed by atoms with Crippen molar-refractivity contribution >= 4 is 22.4 Å². The van der Waals surface area contributed by atoms with Gasteiger partial charge in [-0.3, -0.25) is 4.79 Å². The Kier molecular flexibility index (Phi) is 6.36. The van der Waals surface area contributed by atoms with Crippen LogP contribution < -0.4 is 19.5 Å². The topological polar surface area (TPSA) is 82.6 Å². The maximum Gasteiger partial charge on any atom is 0.226 e. The third-order valence-corrected chi connectivity index (χ3v) is 4.36. The van der Waals surface area contributed by atoms with Crippen molar-refractivity contribution in [3.8, 4) is 17.2 Å². The number of anilines is 1. The van der Waals surface area contributed by atoms with Gasteiger partial charge in [-0.05, 0) is 30.5 Å². The van der Waals surface area contributed by atoms with Crippen molar-refractivity contribution in [1.29, 1.82) is 0 Å². The molecule has 2 aromatic rings. The molecule has 0 unspecified atom stereocenters. The summed E-state index contributed by atoms with van der Waals surface area (Å²) in [5, 5.41) is 12.1. The fourth-order valence-electron chi connectivity index (χ4n) is 2.17. The van der Waals surface area contributed by atoms with E-state index in [0.717, 1.165) is 17.0 Å². The number of rotatable bonds is 8. The molecule has 0 radical (unpaired) electrons. The highest BCUT2D eigenvalue weighted by molar-refractivity contribution is 7.15. The van der Waals surface area contributed by atoms with E-state index in [2.05, 4.69) is 15.5 Å². The van der Waals surface area contributed by atoms with Crippen molar-refractivity contribution in [1.82, 2.24) is 10.2 Å². The molecule has 0 bridgehead atoms. The third-order valence-electron chi connectivity index (χ3n) is 3.38. The first-order valence-electron chi connectivity index (χ1n) is 7.52. The lowest BCUT2D eigenvalue weighted by Gasteiger charge is -2.14. The summed E-state index contributed by atoms with van der Waals surface area (Å²) >= 11 is 1.39. The second-order valence-corrected chi connectivity index (χ2v) is 6.00. The van der Waals surface area contributed by atoms with Gasteiger partial charge >= 0.3 is 0 Å². The molecule has 0 saturated heterocycles. The van der Waals surface area contributed by atoms with Gasteiger partial charge in [0.25, 0.3) is 0 Å². The molecule has 0 fully saturated rings. The average Bonchev–Trinajstić information content (AvgIpc) is 3.06. The lowest BCUT2D eigenvalue weighted by atomic mass is 10.1. The molecule has 2 rings (SSSR count). The highest BCUT2D eigenvalue weighted by Crippen LogP contribution is 2.38. The maximum absolute atomic E-state index is 12.1. The minimum Gasteiger partial charge on any atom is -0.493 e. The maximum atomic E-state index is 12.1. The van der Waals surface area contributed by atoms with E-state index in [-0.39, 0.29) is 5.91 Å². The number of nitrogens with zero attached hydrogens (tertiary/aromatic N) is 2. The quantitative estimate of drug-likeness (QED) is 0.787.